The van der Waals surface area contributed by atoms with E-state index >= 15 is 4.39 Å². The van der Waals surface area contributed by atoms with Gasteiger partial charge in [0.25, 0.3) is 0 Å². The summed E-state index contributed by atoms with van der Waals surface area (Å²) in [6.45, 7) is 26.6. The standard InChI is InChI=1S/C43H66FN5O5Si3/c1-11-32-24-40(54-30-53-18-21-57(8,9)10)36(44)25-35(32)33-14-15-34-38(23-33)49(29-52-17-20-56(5,6)7)46-42(34)43-45-37-26-47(41(50)22-31-12-13-31)27-39(37)48(43)28-51-16-19-55(2,3)4/h14-15,23-25,31H,11-13,16-22,26-30H2,1-10H3. The predicted molar refractivity (Wildman–Crippen MR) is 235 cm³/mol. The Labute approximate surface area is 342 Å². The highest BCUT2D eigenvalue weighted by molar-refractivity contribution is 6.76. The van der Waals surface area contributed by atoms with E-state index in [0.717, 1.165) is 81.5 Å². The maximum Gasteiger partial charge on any atom is 0.223 e. The zero-order chi connectivity index (χ0) is 41.1. The highest BCUT2D eigenvalue weighted by atomic mass is 28.3. The molecule has 0 spiro atoms. The lowest BCUT2D eigenvalue weighted by atomic mass is 9.96. The van der Waals surface area contributed by atoms with E-state index in [1.165, 1.54) is 0 Å². The Morgan fingerprint density at radius 2 is 1.49 bits per heavy atom. The Balaban J connectivity index is 1.34. The molecule has 14 heteroatoms. The number of ether oxygens (including phenoxy) is 4. The number of halogens is 1. The summed E-state index contributed by atoms with van der Waals surface area (Å²) in [4.78, 5) is 20.3. The van der Waals surface area contributed by atoms with Gasteiger partial charge in [-0.3, -0.25) is 4.79 Å². The number of carbonyl (C=O) groups excluding carboxylic acids is 1. The van der Waals surface area contributed by atoms with E-state index in [0.29, 0.717) is 58.4 Å². The van der Waals surface area contributed by atoms with Crippen LogP contribution in [0.1, 0.15) is 43.1 Å². The molecule has 0 unspecified atom stereocenters. The SMILES string of the molecule is CCc1cc(OCOCC[Si](C)(C)C)c(F)cc1-c1ccc2c(-c3nc4c(n3COCC[Si](C)(C)C)CN(C(=O)CC3CC3)C4)nn(COCC[Si](C)(C)C)c2c1. The molecule has 57 heavy (non-hydrogen) atoms. The molecule has 2 aromatic carbocycles. The number of rotatable bonds is 21. The first kappa shape index (κ1) is 43.4. The minimum absolute atomic E-state index is 0.0207. The minimum Gasteiger partial charge on any atom is -0.464 e. The number of amides is 1. The molecule has 3 heterocycles. The summed E-state index contributed by atoms with van der Waals surface area (Å²) in [7, 11) is -3.84. The van der Waals surface area contributed by atoms with Gasteiger partial charge in [-0.05, 0) is 84.3 Å². The van der Waals surface area contributed by atoms with Crippen LogP contribution in [0.15, 0.2) is 30.3 Å². The molecule has 0 radical (unpaired) electrons. The van der Waals surface area contributed by atoms with E-state index in [4.69, 9.17) is 29.0 Å². The van der Waals surface area contributed by atoms with E-state index in [1.54, 1.807) is 12.1 Å². The minimum atomic E-state index is -1.31. The van der Waals surface area contributed by atoms with Crippen molar-refractivity contribution in [1.29, 1.82) is 0 Å². The van der Waals surface area contributed by atoms with Gasteiger partial charge in [-0.25, -0.2) is 14.1 Å². The van der Waals surface area contributed by atoms with Crippen molar-refractivity contribution in [2.75, 3.05) is 26.6 Å². The van der Waals surface area contributed by atoms with Crippen LogP contribution in [0.2, 0.25) is 77.1 Å². The largest absolute Gasteiger partial charge is 0.464 e. The average Bonchev–Trinajstić information content (AvgIpc) is 3.58. The number of imidazole rings is 1. The molecule has 0 bridgehead atoms. The van der Waals surface area contributed by atoms with Gasteiger partial charge in [-0.1, -0.05) is 71.9 Å². The summed E-state index contributed by atoms with van der Waals surface area (Å²) in [5.41, 5.74) is 6.21. The third-order valence-corrected chi connectivity index (χ3v) is 16.0. The van der Waals surface area contributed by atoms with Crippen molar-refractivity contribution in [2.45, 2.75) is 136 Å². The molecule has 1 fully saturated rings. The molecule has 2 aromatic heterocycles. The lowest BCUT2D eigenvalue weighted by Crippen LogP contribution is -2.27. The van der Waals surface area contributed by atoms with Crippen LogP contribution in [0.5, 0.6) is 5.75 Å². The van der Waals surface area contributed by atoms with Crippen molar-refractivity contribution >= 4 is 41.0 Å². The van der Waals surface area contributed by atoms with Crippen LogP contribution in [0.25, 0.3) is 33.5 Å². The summed E-state index contributed by atoms with van der Waals surface area (Å²) >= 11 is 0. The molecule has 0 saturated heterocycles. The van der Waals surface area contributed by atoms with Gasteiger partial charge in [0.2, 0.25) is 5.91 Å². The fourth-order valence-corrected chi connectivity index (χ4v) is 9.20. The summed E-state index contributed by atoms with van der Waals surface area (Å²) in [5, 5.41) is 6.12. The van der Waals surface area contributed by atoms with Crippen molar-refractivity contribution in [3.63, 3.8) is 0 Å². The number of nitrogens with zero attached hydrogens (tertiary/aromatic N) is 5. The van der Waals surface area contributed by atoms with Crippen LogP contribution >= 0.6 is 0 Å². The number of aromatic nitrogens is 4. The van der Waals surface area contributed by atoms with E-state index < -0.39 is 30.0 Å². The smallest absolute Gasteiger partial charge is 0.223 e. The highest BCUT2D eigenvalue weighted by Gasteiger charge is 2.34. The molecule has 0 atom stereocenters. The Bertz CT molecular complexity index is 2030. The van der Waals surface area contributed by atoms with Gasteiger partial charge in [0.1, 0.15) is 19.2 Å². The topological polar surface area (TPSA) is 92.9 Å². The van der Waals surface area contributed by atoms with Gasteiger partial charge >= 0.3 is 0 Å². The van der Waals surface area contributed by atoms with Crippen LogP contribution in [0, 0.1) is 11.7 Å². The number of hydrogen-bond donors (Lipinski definition) is 0. The molecular weight excluding hydrogens is 770 g/mol. The Morgan fingerprint density at radius 1 is 0.842 bits per heavy atom. The zero-order valence-electron chi connectivity index (χ0n) is 36.2. The van der Waals surface area contributed by atoms with E-state index in [-0.39, 0.29) is 25.2 Å². The lowest BCUT2D eigenvalue weighted by Gasteiger charge is -2.18. The maximum atomic E-state index is 15.7. The number of aryl methyl sites for hydroxylation is 1. The highest BCUT2D eigenvalue weighted by Crippen LogP contribution is 2.38. The zero-order valence-corrected chi connectivity index (χ0v) is 39.2. The van der Waals surface area contributed by atoms with Crippen LogP contribution in [-0.2, 0) is 52.0 Å². The second-order valence-corrected chi connectivity index (χ2v) is 36.6. The summed E-state index contributed by atoms with van der Waals surface area (Å²) < 4.78 is 43.9. The van der Waals surface area contributed by atoms with E-state index in [9.17, 15) is 4.79 Å². The molecule has 312 valence electrons. The summed E-state index contributed by atoms with van der Waals surface area (Å²) in [6.07, 6.45) is 3.61. The summed E-state index contributed by atoms with van der Waals surface area (Å²) in [5.74, 6) is 1.24. The predicted octanol–water partition coefficient (Wildman–Crippen LogP) is 10.2. The van der Waals surface area contributed by atoms with Gasteiger partial charge in [0, 0.05) is 55.8 Å². The molecule has 6 rings (SSSR count). The van der Waals surface area contributed by atoms with Crippen molar-refractivity contribution in [3.05, 3.63) is 53.1 Å². The second kappa shape index (κ2) is 18.0. The van der Waals surface area contributed by atoms with Crippen molar-refractivity contribution in [2.24, 2.45) is 5.92 Å². The molecule has 10 nitrogen and oxygen atoms in total. The molecule has 1 aliphatic carbocycles. The first-order valence-electron chi connectivity index (χ1n) is 20.9. The Hall–Kier alpha value is -3.15. The van der Waals surface area contributed by atoms with Crippen molar-refractivity contribution < 1.29 is 28.1 Å². The fourth-order valence-electron chi connectivity index (χ4n) is 6.93. The van der Waals surface area contributed by atoms with Gasteiger partial charge in [0.05, 0.1) is 30.0 Å². The van der Waals surface area contributed by atoms with E-state index in [1.807, 2.05) is 15.6 Å². The molecule has 0 N–H and O–H groups in total. The Morgan fingerprint density at radius 3 is 2.12 bits per heavy atom. The number of benzene rings is 2. The van der Waals surface area contributed by atoms with Gasteiger partial charge in [-0.15, -0.1) is 0 Å². The van der Waals surface area contributed by atoms with Crippen LogP contribution in [-0.4, -0.2) is 81.0 Å². The van der Waals surface area contributed by atoms with Gasteiger partial charge < -0.3 is 28.4 Å². The van der Waals surface area contributed by atoms with Crippen LogP contribution < -0.4 is 4.74 Å². The molecule has 4 aromatic rings. The quantitative estimate of drug-likeness (QED) is 0.0469. The number of carbonyl (C=O) groups is 1. The second-order valence-electron chi connectivity index (χ2n) is 19.7. The van der Waals surface area contributed by atoms with Gasteiger partial charge in [0.15, 0.2) is 24.2 Å². The third kappa shape index (κ3) is 11.7. The average molecular weight is 836 g/mol. The lowest BCUT2D eigenvalue weighted by molar-refractivity contribution is -0.132. The summed E-state index contributed by atoms with van der Waals surface area (Å²) in [6, 6.07) is 12.7. The third-order valence-electron chi connectivity index (χ3n) is 10.9. The maximum absolute atomic E-state index is 15.7. The normalized spacial score (nSPS) is 14.9. The van der Waals surface area contributed by atoms with Crippen molar-refractivity contribution in [1.82, 2.24) is 24.2 Å². The van der Waals surface area contributed by atoms with Gasteiger partial charge in [-0.2, -0.15) is 5.10 Å². The number of hydrogen-bond acceptors (Lipinski definition) is 7. The van der Waals surface area contributed by atoms with Crippen LogP contribution in [0.4, 0.5) is 4.39 Å². The van der Waals surface area contributed by atoms with Crippen LogP contribution in [0.3, 0.4) is 0 Å². The monoisotopic (exact) mass is 835 g/mol. The number of fused-ring (bicyclic) bond motifs is 2. The molecule has 1 saturated carbocycles. The molecule has 1 amide bonds. The Kier molecular flexibility index (Phi) is 13.7. The van der Waals surface area contributed by atoms with E-state index in [2.05, 4.69) is 82.5 Å². The first-order valence-corrected chi connectivity index (χ1v) is 32.1. The molecular formula is C43H66FN5O5Si3. The fraction of sp³-hybridized carbons (Fsp3) is 0.605. The molecule has 2 aliphatic rings. The van der Waals surface area contributed by atoms with Crippen molar-refractivity contribution in [3.8, 4) is 28.4 Å². The molecule has 1 aliphatic heterocycles. The first-order chi connectivity index (χ1) is 26.9.